The third-order valence-electron chi connectivity index (χ3n) is 2.53. The molecule has 0 bridgehead atoms. The molecule has 0 spiro atoms. The Hall–Kier alpha value is -0.410. The molecule has 0 saturated heterocycles. The third-order valence-corrected chi connectivity index (χ3v) is 2.98. The molecule has 2 N–H and O–H groups in total. The fourth-order valence-corrected chi connectivity index (χ4v) is 1.83. The van der Waals surface area contributed by atoms with Gasteiger partial charge < -0.3 is 5.73 Å². The summed E-state index contributed by atoms with van der Waals surface area (Å²) in [5.74, 6) is 0.122. The summed E-state index contributed by atoms with van der Waals surface area (Å²) in [7, 11) is 0. The highest BCUT2D eigenvalue weighted by Gasteiger charge is 2.14. The van der Waals surface area contributed by atoms with Gasteiger partial charge in [0.1, 0.15) is 5.82 Å². The molecule has 3 heteroatoms. The molecule has 1 rings (SSSR count). The van der Waals surface area contributed by atoms with Crippen molar-refractivity contribution in [3.63, 3.8) is 0 Å². The predicted molar refractivity (Wildman–Crippen MR) is 60.5 cm³/mol. The van der Waals surface area contributed by atoms with E-state index in [4.69, 9.17) is 5.73 Å². The summed E-state index contributed by atoms with van der Waals surface area (Å²) in [6, 6.07) is 4.72. The van der Waals surface area contributed by atoms with Crippen LogP contribution < -0.4 is 5.73 Å². The van der Waals surface area contributed by atoms with Gasteiger partial charge in [-0.3, -0.25) is 0 Å². The minimum atomic E-state index is -0.242. The molecular weight excluding hydrogens is 245 g/mol. The van der Waals surface area contributed by atoms with Gasteiger partial charge in [-0.2, -0.15) is 0 Å². The normalized spacial score (nSPS) is 15.2. The molecule has 78 valence electrons. The van der Waals surface area contributed by atoms with Crippen molar-refractivity contribution in [1.29, 1.82) is 0 Å². The standard InChI is InChI=1S/C11H15BrFN/c1-3-7(2)11(14)8-4-9(12)6-10(13)5-8/h4-7,11H,3,14H2,1-2H3/t7?,11-/m1/s1. The molecule has 0 aliphatic rings. The maximum Gasteiger partial charge on any atom is 0.124 e. The van der Waals surface area contributed by atoms with Crippen molar-refractivity contribution < 1.29 is 4.39 Å². The first-order valence-electron chi connectivity index (χ1n) is 4.76. The average molecular weight is 260 g/mol. The van der Waals surface area contributed by atoms with E-state index in [2.05, 4.69) is 29.8 Å². The topological polar surface area (TPSA) is 26.0 Å². The van der Waals surface area contributed by atoms with Crippen LogP contribution >= 0.6 is 15.9 Å². The summed E-state index contributed by atoms with van der Waals surface area (Å²) < 4.78 is 13.8. The van der Waals surface area contributed by atoms with Crippen molar-refractivity contribution in [2.24, 2.45) is 11.7 Å². The van der Waals surface area contributed by atoms with E-state index < -0.39 is 0 Å². The van der Waals surface area contributed by atoms with Crippen LogP contribution in [0.25, 0.3) is 0 Å². The van der Waals surface area contributed by atoms with Crippen molar-refractivity contribution in [2.75, 3.05) is 0 Å². The Labute approximate surface area is 92.6 Å². The van der Waals surface area contributed by atoms with Crippen molar-refractivity contribution in [3.05, 3.63) is 34.1 Å². The van der Waals surface area contributed by atoms with E-state index in [1.54, 1.807) is 0 Å². The summed E-state index contributed by atoms with van der Waals surface area (Å²) in [6.07, 6.45) is 0.995. The Kier molecular flexibility index (Phi) is 4.08. The Bertz CT molecular complexity index is 294. The number of hydrogen-bond donors (Lipinski definition) is 1. The van der Waals surface area contributed by atoms with Gasteiger partial charge in [0.25, 0.3) is 0 Å². The summed E-state index contributed by atoms with van der Waals surface area (Å²) >= 11 is 3.26. The van der Waals surface area contributed by atoms with Crippen LogP contribution in [-0.4, -0.2) is 0 Å². The Morgan fingerprint density at radius 1 is 1.43 bits per heavy atom. The second kappa shape index (κ2) is 4.89. The Morgan fingerprint density at radius 2 is 2.07 bits per heavy atom. The lowest BCUT2D eigenvalue weighted by molar-refractivity contribution is 0.454. The second-order valence-electron chi connectivity index (χ2n) is 3.61. The van der Waals surface area contributed by atoms with Crippen LogP contribution in [0.4, 0.5) is 4.39 Å². The zero-order chi connectivity index (χ0) is 10.7. The second-order valence-corrected chi connectivity index (χ2v) is 4.53. The molecule has 1 unspecified atom stereocenters. The van der Waals surface area contributed by atoms with E-state index in [9.17, 15) is 4.39 Å². The summed E-state index contributed by atoms with van der Waals surface area (Å²) in [5.41, 5.74) is 6.85. The molecule has 14 heavy (non-hydrogen) atoms. The quantitative estimate of drug-likeness (QED) is 0.882. The lowest BCUT2D eigenvalue weighted by atomic mass is 9.93. The fraction of sp³-hybridized carbons (Fsp3) is 0.455. The van der Waals surface area contributed by atoms with Crippen LogP contribution in [0.1, 0.15) is 31.9 Å². The summed E-state index contributed by atoms with van der Waals surface area (Å²) in [5, 5.41) is 0. The molecule has 0 aromatic heterocycles. The van der Waals surface area contributed by atoms with Crippen molar-refractivity contribution in [3.8, 4) is 0 Å². The highest BCUT2D eigenvalue weighted by Crippen LogP contribution is 2.25. The van der Waals surface area contributed by atoms with E-state index in [-0.39, 0.29) is 11.9 Å². The Morgan fingerprint density at radius 3 is 2.57 bits per heavy atom. The summed E-state index contributed by atoms with van der Waals surface area (Å²) in [4.78, 5) is 0. The van der Waals surface area contributed by atoms with E-state index in [1.165, 1.54) is 12.1 Å². The molecule has 0 heterocycles. The van der Waals surface area contributed by atoms with Gasteiger partial charge in [0.05, 0.1) is 0 Å². The lowest BCUT2D eigenvalue weighted by Crippen LogP contribution is -2.18. The highest BCUT2D eigenvalue weighted by molar-refractivity contribution is 9.10. The maximum absolute atomic E-state index is 13.1. The zero-order valence-electron chi connectivity index (χ0n) is 8.43. The predicted octanol–water partition coefficient (Wildman–Crippen LogP) is 3.63. The van der Waals surface area contributed by atoms with Gasteiger partial charge in [-0.25, -0.2) is 4.39 Å². The largest absolute Gasteiger partial charge is 0.324 e. The molecular formula is C11H15BrFN. The molecule has 2 atom stereocenters. The molecule has 0 fully saturated rings. The summed E-state index contributed by atoms with van der Waals surface area (Å²) in [6.45, 7) is 4.16. The number of halogens is 2. The zero-order valence-corrected chi connectivity index (χ0v) is 10.0. The minimum absolute atomic E-state index is 0.0907. The molecule has 1 aromatic rings. The molecule has 0 aliphatic carbocycles. The SMILES string of the molecule is CCC(C)[C@@H](N)c1cc(F)cc(Br)c1. The van der Waals surface area contributed by atoms with Crippen molar-refractivity contribution >= 4 is 15.9 Å². The van der Waals surface area contributed by atoms with Crippen LogP contribution in [0, 0.1) is 11.7 Å². The monoisotopic (exact) mass is 259 g/mol. The molecule has 0 radical (unpaired) electrons. The van der Waals surface area contributed by atoms with Gasteiger partial charge in [0, 0.05) is 10.5 Å². The molecule has 0 saturated carbocycles. The van der Waals surface area contributed by atoms with Crippen LogP contribution in [0.3, 0.4) is 0 Å². The van der Waals surface area contributed by atoms with Gasteiger partial charge >= 0.3 is 0 Å². The smallest absolute Gasteiger partial charge is 0.124 e. The minimum Gasteiger partial charge on any atom is -0.324 e. The molecule has 0 amide bonds. The number of rotatable bonds is 3. The van der Waals surface area contributed by atoms with Gasteiger partial charge in [-0.15, -0.1) is 0 Å². The number of benzene rings is 1. The van der Waals surface area contributed by atoms with E-state index in [1.807, 2.05) is 6.07 Å². The molecule has 0 aliphatic heterocycles. The fourth-order valence-electron chi connectivity index (χ4n) is 1.35. The average Bonchev–Trinajstić information content (AvgIpc) is 2.14. The van der Waals surface area contributed by atoms with Crippen molar-refractivity contribution in [1.82, 2.24) is 0 Å². The number of hydrogen-bond acceptors (Lipinski definition) is 1. The van der Waals surface area contributed by atoms with Crippen LogP contribution in [0.5, 0.6) is 0 Å². The van der Waals surface area contributed by atoms with Gasteiger partial charge in [0.2, 0.25) is 0 Å². The first-order valence-corrected chi connectivity index (χ1v) is 5.55. The molecule has 1 aromatic carbocycles. The third kappa shape index (κ3) is 2.79. The highest BCUT2D eigenvalue weighted by atomic mass is 79.9. The van der Waals surface area contributed by atoms with E-state index in [0.717, 1.165) is 16.5 Å². The maximum atomic E-state index is 13.1. The van der Waals surface area contributed by atoms with Crippen LogP contribution in [-0.2, 0) is 0 Å². The Balaban J connectivity index is 2.94. The van der Waals surface area contributed by atoms with Crippen molar-refractivity contribution in [2.45, 2.75) is 26.3 Å². The van der Waals surface area contributed by atoms with Gasteiger partial charge in [0.15, 0.2) is 0 Å². The van der Waals surface area contributed by atoms with E-state index in [0.29, 0.717) is 5.92 Å². The van der Waals surface area contributed by atoms with Gasteiger partial charge in [-0.05, 0) is 29.7 Å². The lowest BCUT2D eigenvalue weighted by Gasteiger charge is -2.18. The van der Waals surface area contributed by atoms with E-state index >= 15 is 0 Å². The first-order chi connectivity index (χ1) is 6.54. The number of nitrogens with two attached hydrogens (primary N) is 1. The van der Waals surface area contributed by atoms with Gasteiger partial charge in [-0.1, -0.05) is 36.2 Å². The van der Waals surface area contributed by atoms with Crippen LogP contribution in [0.15, 0.2) is 22.7 Å². The first kappa shape index (κ1) is 11.7. The van der Waals surface area contributed by atoms with Crippen LogP contribution in [0.2, 0.25) is 0 Å². The molecule has 1 nitrogen and oxygen atoms in total.